The Bertz CT molecular complexity index is 367. The summed E-state index contributed by atoms with van der Waals surface area (Å²) < 4.78 is 10.5. The van der Waals surface area contributed by atoms with Gasteiger partial charge in [0.2, 0.25) is 5.89 Å². The van der Waals surface area contributed by atoms with Gasteiger partial charge in [0.25, 0.3) is 0 Å². The molecule has 2 heterocycles. The summed E-state index contributed by atoms with van der Waals surface area (Å²) >= 11 is 1.60. The largest absolute Gasteiger partial charge is 0.464 e. The lowest BCUT2D eigenvalue weighted by Gasteiger charge is -1.93. The van der Waals surface area contributed by atoms with E-state index in [4.69, 9.17) is 9.15 Å². The summed E-state index contributed by atoms with van der Waals surface area (Å²) in [6.07, 6.45) is 1.60. The molecule has 0 fully saturated rings. The molecule has 0 spiro atoms. The zero-order chi connectivity index (χ0) is 9.10. The monoisotopic (exact) mass is 195 g/mol. The van der Waals surface area contributed by atoms with Crippen molar-refractivity contribution in [3.8, 4) is 16.7 Å². The molecule has 68 valence electrons. The molecule has 0 unspecified atom stereocenters. The minimum absolute atomic E-state index is 0.478. The summed E-state index contributed by atoms with van der Waals surface area (Å²) in [4.78, 5) is 5.12. The number of ether oxygens (including phenoxy) is 1. The molecular weight excluding hydrogens is 186 g/mol. The van der Waals surface area contributed by atoms with Crippen LogP contribution in [0.2, 0.25) is 0 Å². The van der Waals surface area contributed by atoms with Gasteiger partial charge in [-0.25, -0.2) is 4.98 Å². The smallest absolute Gasteiger partial charge is 0.305 e. The predicted octanol–water partition coefficient (Wildman–Crippen LogP) is 2.80. The van der Waals surface area contributed by atoms with Crippen LogP contribution in [-0.2, 0) is 0 Å². The van der Waals surface area contributed by atoms with Crippen LogP contribution in [0.25, 0.3) is 10.8 Å². The number of aromatic nitrogens is 1. The lowest BCUT2D eigenvalue weighted by atomic mass is 10.5. The topological polar surface area (TPSA) is 35.3 Å². The van der Waals surface area contributed by atoms with E-state index in [1.54, 1.807) is 17.5 Å². The van der Waals surface area contributed by atoms with Gasteiger partial charge in [-0.15, -0.1) is 11.3 Å². The van der Waals surface area contributed by atoms with E-state index in [0.29, 0.717) is 18.4 Å². The molecule has 2 aromatic rings. The normalized spacial score (nSPS) is 10.2. The highest BCUT2D eigenvalue weighted by Gasteiger charge is 2.06. The summed E-state index contributed by atoms with van der Waals surface area (Å²) in [5, 5.41) is 1.99. The molecule has 0 saturated carbocycles. The Balaban J connectivity index is 2.23. The van der Waals surface area contributed by atoms with Gasteiger partial charge in [-0.05, 0) is 18.4 Å². The Labute approximate surface area is 80.0 Å². The summed E-state index contributed by atoms with van der Waals surface area (Å²) in [5.74, 6) is 1.10. The molecule has 0 aliphatic rings. The average Bonchev–Trinajstić information content (AvgIpc) is 2.70. The molecule has 0 aliphatic carbocycles. The quantitative estimate of drug-likeness (QED) is 0.755. The molecule has 13 heavy (non-hydrogen) atoms. The Hall–Kier alpha value is -1.29. The second-order valence-corrected chi connectivity index (χ2v) is 3.34. The third kappa shape index (κ3) is 1.72. The van der Waals surface area contributed by atoms with Crippen LogP contribution in [0.3, 0.4) is 0 Å². The zero-order valence-corrected chi connectivity index (χ0v) is 8.00. The molecule has 0 amide bonds. The van der Waals surface area contributed by atoms with Crippen LogP contribution in [0.4, 0.5) is 0 Å². The molecule has 4 heteroatoms. The van der Waals surface area contributed by atoms with E-state index in [0.717, 1.165) is 4.88 Å². The zero-order valence-electron chi connectivity index (χ0n) is 7.19. The fraction of sp³-hybridized carbons (Fsp3) is 0.222. The SMILES string of the molecule is CCOc1cnc(-c2cccs2)o1. The minimum Gasteiger partial charge on any atom is -0.464 e. The van der Waals surface area contributed by atoms with Crippen LogP contribution in [0.1, 0.15) is 6.92 Å². The summed E-state index contributed by atoms with van der Waals surface area (Å²) in [7, 11) is 0. The number of thiophene rings is 1. The summed E-state index contributed by atoms with van der Waals surface area (Å²) in [6, 6.07) is 3.93. The number of hydrogen-bond donors (Lipinski definition) is 0. The third-order valence-electron chi connectivity index (χ3n) is 1.50. The highest BCUT2D eigenvalue weighted by atomic mass is 32.1. The first kappa shape index (κ1) is 8.31. The van der Waals surface area contributed by atoms with Crippen LogP contribution in [0.5, 0.6) is 5.95 Å². The fourth-order valence-electron chi connectivity index (χ4n) is 0.982. The van der Waals surface area contributed by atoms with Gasteiger partial charge in [0.05, 0.1) is 11.5 Å². The molecule has 0 N–H and O–H groups in total. The molecule has 2 rings (SSSR count). The lowest BCUT2D eigenvalue weighted by Crippen LogP contribution is -1.87. The van der Waals surface area contributed by atoms with Crippen molar-refractivity contribution in [3.05, 3.63) is 23.7 Å². The predicted molar refractivity (Wildman–Crippen MR) is 51.0 cm³/mol. The van der Waals surface area contributed by atoms with Crippen molar-refractivity contribution in [2.45, 2.75) is 6.92 Å². The molecule has 0 bridgehead atoms. The van der Waals surface area contributed by atoms with E-state index >= 15 is 0 Å². The number of rotatable bonds is 3. The fourth-order valence-corrected chi connectivity index (χ4v) is 1.64. The van der Waals surface area contributed by atoms with Crippen LogP contribution in [0, 0.1) is 0 Å². The maximum atomic E-state index is 5.35. The van der Waals surface area contributed by atoms with Crippen molar-refractivity contribution in [2.75, 3.05) is 6.61 Å². The Morgan fingerprint density at radius 2 is 2.54 bits per heavy atom. The first-order chi connectivity index (χ1) is 6.40. The van der Waals surface area contributed by atoms with Gasteiger partial charge in [0.1, 0.15) is 6.20 Å². The Kier molecular flexibility index (Phi) is 2.31. The van der Waals surface area contributed by atoms with Gasteiger partial charge < -0.3 is 9.15 Å². The van der Waals surface area contributed by atoms with E-state index in [1.807, 2.05) is 24.4 Å². The van der Waals surface area contributed by atoms with Crippen molar-refractivity contribution in [1.29, 1.82) is 0 Å². The molecule has 0 radical (unpaired) electrons. The van der Waals surface area contributed by atoms with Crippen LogP contribution in [0.15, 0.2) is 28.1 Å². The first-order valence-corrected chi connectivity index (χ1v) is 4.90. The lowest BCUT2D eigenvalue weighted by molar-refractivity contribution is 0.260. The summed E-state index contributed by atoms with van der Waals surface area (Å²) in [6.45, 7) is 2.51. The second kappa shape index (κ2) is 3.62. The average molecular weight is 195 g/mol. The van der Waals surface area contributed by atoms with Gasteiger partial charge in [-0.2, -0.15) is 0 Å². The minimum atomic E-state index is 0.478. The molecule has 0 aromatic carbocycles. The second-order valence-electron chi connectivity index (χ2n) is 2.39. The Morgan fingerprint density at radius 3 is 3.23 bits per heavy atom. The highest BCUT2D eigenvalue weighted by molar-refractivity contribution is 7.13. The van der Waals surface area contributed by atoms with Gasteiger partial charge in [0.15, 0.2) is 0 Å². The van der Waals surface area contributed by atoms with Gasteiger partial charge >= 0.3 is 5.95 Å². The van der Waals surface area contributed by atoms with E-state index < -0.39 is 0 Å². The number of hydrogen-bond acceptors (Lipinski definition) is 4. The molecule has 2 aromatic heterocycles. The van der Waals surface area contributed by atoms with E-state index in [9.17, 15) is 0 Å². The van der Waals surface area contributed by atoms with Crippen LogP contribution < -0.4 is 4.74 Å². The highest BCUT2D eigenvalue weighted by Crippen LogP contribution is 2.26. The first-order valence-electron chi connectivity index (χ1n) is 4.02. The molecular formula is C9H9NO2S. The van der Waals surface area contributed by atoms with Crippen LogP contribution in [-0.4, -0.2) is 11.6 Å². The Morgan fingerprint density at radius 1 is 1.62 bits per heavy atom. The van der Waals surface area contributed by atoms with Crippen molar-refractivity contribution in [2.24, 2.45) is 0 Å². The standard InChI is InChI=1S/C9H9NO2S/c1-2-11-8-6-10-9(12-8)7-4-3-5-13-7/h3-6H,2H2,1H3. The maximum Gasteiger partial charge on any atom is 0.305 e. The van der Waals surface area contributed by atoms with Gasteiger partial charge in [-0.3, -0.25) is 0 Å². The third-order valence-corrected chi connectivity index (χ3v) is 2.36. The number of nitrogens with zero attached hydrogens (tertiary/aromatic N) is 1. The maximum absolute atomic E-state index is 5.35. The molecule has 0 saturated heterocycles. The van der Waals surface area contributed by atoms with Crippen molar-refractivity contribution in [1.82, 2.24) is 4.98 Å². The van der Waals surface area contributed by atoms with E-state index in [-0.39, 0.29) is 0 Å². The van der Waals surface area contributed by atoms with Crippen molar-refractivity contribution in [3.63, 3.8) is 0 Å². The molecule has 0 atom stereocenters. The van der Waals surface area contributed by atoms with Crippen molar-refractivity contribution < 1.29 is 9.15 Å². The van der Waals surface area contributed by atoms with Gasteiger partial charge in [0, 0.05) is 0 Å². The summed E-state index contributed by atoms with van der Waals surface area (Å²) in [5.41, 5.74) is 0. The molecule has 0 aliphatic heterocycles. The number of oxazole rings is 1. The van der Waals surface area contributed by atoms with E-state index in [2.05, 4.69) is 4.98 Å². The van der Waals surface area contributed by atoms with Gasteiger partial charge in [-0.1, -0.05) is 6.07 Å². The van der Waals surface area contributed by atoms with Crippen LogP contribution >= 0.6 is 11.3 Å². The molecule has 3 nitrogen and oxygen atoms in total. The van der Waals surface area contributed by atoms with Crippen molar-refractivity contribution >= 4 is 11.3 Å². The van der Waals surface area contributed by atoms with E-state index in [1.165, 1.54) is 0 Å².